The molecule has 1 aromatic carbocycles. The number of rotatable bonds is 2. The molecule has 16 heavy (non-hydrogen) atoms. The van der Waals surface area contributed by atoms with E-state index in [2.05, 4.69) is 34.5 Å². The van der Waals surface area contributed by atoms with Crippen LogP contribution in [-0.2, 0) is 13.0 Å². The first-order valence-corrected chi connectivity index (χ1v) is 6.41. The van der Waals surface area contributed by atoms with Crippen molar-refractivity contribution in [2.75, 3.05) is 26.2 Å². The molecule has 0 saturated carbocycles. The summed E-state index contributed by atoms with van der Waals surface area (Å²) in [6.45, 7) is 6.12. The van der Waals surface area contributed by atoms with Crippen LogP contribution in [0.2, 0.25) is 0 Å². The lowest BCUT2D eigenvalue weighted by Crippen LogP contribution is -2.35. The van der Waals surface area contributed by atoms with E-state index in [4.69, 9.17) is 0 Å². The molecule has 0 aliphatic carbocycles. The molecule has 1 N–H and O–H groups in total. The second kappa shape index (κ2) is 4.56. The Kier molecular flexibility index (Phi) is 2.94. The Morgan fingerprint density at radius 1 is 1.25 bits per heavy atom. The monoisotopic (exact) mass is 216 g/mol. The van der Waals surface area contributed by atoms with Gasteiger partial charge in [-0.1, -0.05) is 24.3 Å². The average molecular weight is 216 g/mol. The summed E-state index contributed by atoms with van der Waals surface area (Å²) < 4.78 is 0. The van der Waals surface area contributed by atoms with Crippen molar-refractivity contribution >= 4 is 0 Å². The lowest BCUT2D eigenvalue weighted by Gasteiger charge is -2.30. The Bertz CT molecular complexity index is 356. The van der Waals surface area contributed by atoms with Crippen LogP contribution in [0.4, 0.5) is 0 Å². The van der Waals surface area contributed by atoms with Gasteiger partial charge >= 0.3 is 0 Å². The molecule has 2 heteroatoms. The first-order valence-electron chi connectivity index (χ1n) is 6.41. The highest BCUT2D eigenvalue weighted by Crippen LogP contribution is 2.20. The molecule has 2 nitrogen and oxygen atoms in total. The SMILES string of the molecule is c1ccc2c(c1)CCN(CC1CCNC1)C2. The first-order chi connectivity index (χ1) is 7.92. The van der Waals surface area contributed by atoms with Crippen LogP contribution in [0.1, 0.15) is 17.5 Å². The van der Waals surface area contributed by atoms with E-state index in [0.29, 0.717) is 0 Å². The lowest BCUT2D eigenvalue weighted by atomic mass is 9.98. The average Bonchev–Trinajstić information content (AvgIpc) is 2.82. The maximum atomic E-state index is 3.45. The van der Waals surface area contributed by atoms with Crippen molar-refractivity contribution in [3.8, 4) is 0 Å². The number of hydrogen-bond donors (Lipinski definition) is 1. The third kappa shape index (κ3) is 2.13. The predicted molar refractivity (Wildman–Crippen MR) is 66.4 cm³/mol. The van der Waals surface area contributed by atoms with Crippen molar-refractivity contribution in [1.29, 1.82) is 0 Å². The lowest BCUT2D eigenvalue weighted by molar-refractivity contribution is 0.220. The summed E-state index contributed by atoms with van der Waals surface area (Å²) in [4.78, 5) is 2.62. The molecule has 0 spiro atoms. The van der Waals surface area contributed by atoms with Gasteiger partial charge in [-0.3, -0.25) is 4.90 Å². The molecule has 0 aromatic heterocycles. The third-order valence-electron chi connectivity index (χ3n) is 3.89. The number of hydrogen-bond acceptors (Lipinski definition) is 2. The molecule has 3 rings (SSSR count). The fraction of sp³-hybridized carbons (Fsp3) is 0.571. The van der Waals surface area contributed by atoms with E-state index in [1.165, 1.54) is 39.0 Å². The van der Waals surface area contributed by atoms with Gasteiger partial charge < -0.3 is 5.32 Å². The van der Waals surface area contributed by atoms with Gasteiger partial charge in [0.2, 0.25) is 0 Å². The van der Waals surface area contributed by atoms with E-state index in [9.17, 15) is 0 Å². The van der Waals surface area contributed by atoms with Gasteiger partial charge in [0.25, 0.3) is 0 Å². The highest BCUT2D eigenvalue weighted by Gasteiger charge is 2.21. The Balaban J connectivity index is 1.63. The van der Waals surface area contributed by atoms with E-state index in [-0.39, 0.29) is 0 Å². The number of fused-ring (bicyclic) bond motifs is 1. The van der Waals surface area contributed by atoms with Gasteiger partial charge in [-0.05, 0) is 43.0 Å². The molecule has 86 valence electrons. The highest BCUT2D eigenvalue weighted by atomic mass is 15.1. The smallest absolute Gasteiger partial charge is 0.0236 e. The fourth-order valence-electron chi connectivity index (χ4n) is 2.95. The van der Waals surface area contributed by atoms with Crippen molar-refractivity contribution in [3.63, 3.8) is 0 Å². The Morgan fingerprint density at radius 2 is 2.12 bits per heavy atom. The molecular weight excluding hydrogens is 196 g/mol. The molecule has 0 bridgehead atoms. The van der Waals surface area contributed by atoms with Crippen LogP contribution >= 0.6 is 0 Å². The quantitative estimate of drug-likeness (QED) is 0.808. The van der Waals surface area contributed by atoms with Crippen LogP contribution in [0.25, 0.3) is 0 Å². The number of benzene rings is 1. The summed E-state index contributed by atoms with van der Waals surface area (Å²) in [7, 11) is 0. The number of nitrogens with one attached hydrogen (secondary N) is 1. The summed E-state index contributed by atoms with van der Waals surface area (Å²) in [5.74, 6) is 0.880. The van der Waals surface area contributed by atoms with E-state index in [1.807, 2.05) is 0 Å². The van der Waals surface area contributed by atoms with Crippen molar-refractivity contribution in [1.82, 2.24) is 10.2 Å². The molecule has 2 aliphatic heterocycles. The minimum atomic E-state index is 0.880. The van der Waals surface area contributed by atoms with Crippen LogP contribution in [-0.4, -0.2) is 31.1 Å². The van der Waals surface area contributed by atoms with Gasteiger partial charge in [0.05, 0.1) is 0 Å². The van der Waals surface area contributed by atoms with Gasteiger partial charge in [0.1, 0.15) is 0 Å². The van der Waals surface area contributed by atoms with E-state index < -0.39 is 0 Å². The largest absolute Gasteiger partial charge is 0.316 e. The maximum Gasteiger partial charge on any atom is 0.0236 e. The van der Waals surface area contributed by atoms with E-state index in [0.717, 1.165) is 12.5 Å². The zero-order valence-electron chi connectivity index (χ0n) is 9.78. The Morgan fingerprint density at radius 3 is 2.94 bits per heavy atom. The highest BCUT2D eigenvalue weighted by molar-refractivity contribution is 5.29. The van der Waals surface area contributed by atoms with Gasteiger partial charge in [-0.2, -0.15) is 0 Å². The molecular formula is C14H20N2. The Labute approximate surface area is 97.6 Å². The van der Waals surface area contributed by atoms with Crippen molar-refractivity contribution in [2.24, 2.45) is 5.92 Å². The van der Waals surface area contributed by atoms with Gasteiger partial charge in [-0.25, -0.2) is 0 Å². The summed E-state index contributed by atoms with van der Waals surface area (Å²) in [5.41, 5.74) is 3.10. The minimum absolute atomic E-state index is 0.880. The number of nitrogens with zero attached hydrogens (tertiary/aromatic N) is 1. The van der Waals surface area contributed by atoms with Crippen molar-refractivity contribution in [3.05, 3.63) is 35.4 Å². The van der Waals surface area contributed by atoms with Crippen molar-refractivity contribution < 1.29 is 0 Å². The maximum absolute atomic E-state index is 3.45. The second-order valence-electron chi connectivity index (χ2n) is 5.11. The summed E-state index contributed by atoms with van der Waals surface area (Å²) in [5, 5.41) is 3.45. The molecule has 2 aliphatic rings. The summed E-state index contributed by atoms with van der Waals surface area (Å²) >= 11 is 0. The molecule has 1 unspecified atom stereocenters. The minimum Gasteiger partial charge on any atom is -0.316 e. The van der Waals surface area contributed by atoms with Crippen molar-refractivity contribution in [2.45, 2.75) is 19.4 Å². The zero-order valence-corrected chi connectivity index (χ0v) is 9.78. The Hall–Kier alpha value is -0.860. The van der Waals surface area contributed by atoms with E-state index >= 15 is 0 Å². The summed E-state index contributed by atoms with van der Waals surface area (Å²) in [6, 6.07) is 8.90. The van der Waals surface area contributed by atoms with Gasteiger partial charge in [-0.15, -0.1) is 0 Å². The topological polar surface area (TPSA) is 15.3 Å². The molecule has 0 amide bonds. The molecule has 0 radical (unpaired) electrons. The van der Waals surface area contributed by atoms with Crippen LogP contribution < -0.4 is 5.32 Å². The first kappa shape index (κ1) is 10.3. The fourth-order valence-corrected chi connectivity index (χ4v) is 2.95. The predicted octanol–water partition coefficient (Wildman–Crippen LogP) is 1.65. The molecule has 1 aromatic rings. The van der Waals surface area contributed by atoms with Gasteiger partial charge in [0, 0.05) is 19.6 Å². The van der Waals surface area contributed by atoms with Crippen LogP contribution in [0.15, 0.2) is 24.3 Å². The molecule has 1 saturated heterocycles. The van der Waals surface area contributed by atoms with Gasteiger partial charge in [0.15, 0.2) is 0 Å². The standard InChI is InChI=1S/C14H20N2/c1-2-4-14-11-16(8-6-13(14)3-1)10-12-5-7-15-9-12/h1-4,12,15H,5-11H2. The summed E-state index contributed by atoms with van der Waals surface area (Å²) in [6.07, 6.45) is 2.59. The van der Waals surface area contributed by atoms with Crippen LogP contribution in [0.3, 0.4) is 0 Å². The molecule has 2 heterocycles. The normalized spacial score (nSPS) is 25.6. The van der Waals surface area contributed by atoms with E-state index in [1.54, 1.807) is 11.1 Å². The molecule has 1 fully saturated rings. The third-order valence-corrected chi connectivity index (χ3v) is 3.89. The second-order valence-corrected chi connectivity index (χ2v) is 5.11. The van der Waals surface area contributed by atoms with Crippen LogP contribution in [0.5, 0.6) is 0 Å². The zero-order chi connectivity index (χ0) is 10.8. The molecule has 1 atom stereocenters. The van der Waals surface area contributed by atoms with Crippen LogP contribution in [0, 0.1) is 5.92 Å².